The minimum atomic E-state index is 0.0422. The molecule has 0 unspecified atom stereocenters. The van der Waals surface area contributed by atoms with Crippen LogP contribution in [-0.2, 0) is 4.74 Å². The molecule has 1 aromatic rings. The Morgan fingerprint density at radius 3 is 2.44 bits per heavy atom. The number of carbonyl (C=O) groups excluding carboxylic acids is 1. The smallest absolute Gasteiger partial charge is 0.170 e. The van der Waals surface area contributed by atoms with E-state index in [-0.39, 0.29) is 5.84 Å². The van der Waals surface area contributed by atoms with Gasteiger partial charge >= 0.3 is 0 Å². The third-order valence-electron chi connectivity index (χ3n) is 1.80. The van der Waals surface area contributed by atoms with E-state index in [1.807, 2.05) is 0 Å². The van der Waals surface area contributed by atoms with Crippen LogP contribution in [0.25, 0.3) is 0 Å². The number of amidine groups is 1. The highest BCUT2D eigenvalue weighted by molar-refractivity contribution is 5.97. The van der Waals surface area contributed by atoms with E-state index in [1.54, 1.807) is 39.3 Å². The number of rotatable bonds is 2. The average Bonchev–Trinajstić information content (AvgIpc) is 2.29. The Morgan fingerprint density at radius 1 is 1.50 bits per heavy atom. The van der Waals surface area contributed by atoms with Crippen LogP contribution < -0.4 is 5.73 Å². The third-order valence-corrected chi connectivity index (χ3v) is 1.80. The van der Waals surface area contributed by atoms with E-state index in [0.717, 1.165) is 11.8 Å². The number of nitrogens with zero attached hydrogens (tertiary/aromatic N) is 1. The first-order valence-electron chi connectivity index (χ1n) is 4.54. The second-order valence-electron chi connectivity index (χ2n) is 3.08. The quantitative estimate of drug-likeness (QED) is 0.259. The number of hydrogen-bond donors (Lipinski definition) is 2. The second kappa shape index (κ2) is 7.42. The van der Waals surface area contributed by atoms with Gasteiger partial charge in [-0.15, -0.1) is 0 Å². The molecule has 0 radical (unpaired) electrons. The molecule has 1 rings (SSSR count). The maximum Gasteiger partial charge on any atom is 0.170 e. The first-order valence-corrected chi connectivity index (χ1v) is 4.54. The van der Waals surface area contributed by atoms with Gasteiger partial charge in [0.15, 0.2) is 5.84 Å². The molecule has 0 spiro atoms. The van der Waals surface area contributed by atoms with Crippen molar-refractivity contribution in [1.29, 1.82) is 0 Å². The summed E-state index contributed by atoms with van der Waals surface area (Å²) in [5, 5.41) is 11.3. The Hall–Kier alpha value is -1.88. The normalized spacial score (nSPS) is 10.3. The molecule has 0 aromatic heterocycles. The minimum Gasteiger partial charge on any atom is -0.409 e. The number of benzene rings is 1. The Morgan fingerprint density at radius 2 is 2.06 bits per heavy atom. The Kier molecular flexibility index (Phi) is 6.55. The molecule has 1 aromatic carbocycles. The van der Waals surface area contributed by atoms with E-state index < -0.39 is 0 Å². The lowest BCUT2D eigenvalue weighted by Crippen LogP contribution is -2.13. The molecule has 0 aliphatic carbocycles. The summed E-state index contributed by atoms with van der Waals surface area (Å²) in [6.07, 6.45) is 0.769. The highest BCUT2D eigenvalue weighted by Gasteiger charge is 2.01. The van der Waals surface area contributed by atoms with Gasteiger partial charge in [0.25, 0.3) is 0 Å². The molecule has 5 nitrogen and oxygen atoms in total. The number of aldehydes is 1. The van der Waals surface area contributed by atoms with Crippen LogP contribution in [-0.4, -0.2) is 31.5 Å². The summed E-state index contributed by atoms with van der Waals surface area (Å²) in [6.45, 7) is 1.79. The monoisotopic (exact) mass is 224 g/mol. The Balaban J connectivity index is 0.000000673. The standard InChI is InChI=1S/C9H10N2O2.C2H6O/c1-6-4-7(9(10)11-13)2-3-8(6)5-12;1-3-2/h2-5,13H,1H3,(H2,10,11);1-2H3. The maximum atomic E-state index is 10.5. The summed E-state index contributed by atoms with van der Waals surface area (Å²) in [6, 6.07) is 4.96. The molecule has 88 valence electrons. The van der Waals surface area contributed by atoms with Gasteiger partial charge in [-0.25, -0.2) is 0 Å². The molecule has 5 heteroatoms. The highest BCUT2D eigenvalue weighted by Crippen LogP contribution is 2.08. The van der Waals surface area contributed by atoms with Gasteiger partial charge in [0.1, 0.15) is 6.29 Å². The lowest BCUT2D eigenvalue weighted by Gasteiger charge is -2.01. The summed E-state index contributed by atoms with van der Waals surface area (Å²) in [5.74, 6) is 0.0422. The maximum absolute atomic E-state index is 10.5. The minimum absolute atomic E-state index is 0.0422. The van der Waals surface area contributed by atoms with Gasteiger partial charge in [-0.05, 0) is 18.6 Å². The van der Waals surface area contributed by atoms with E-state index in [1.165, 1.54) is 0 Å². The fourth-order valence-corrected chi connectivity index (χ4v) is 1.02. The molecule has 16 heavy (non-hydrogen) atoms. The van der Waals surface area contributed by atoms with Crippen molar-refractivity contribution in [2.24, 2.45) is 10.9 Å². The van der Waals surface area contributed by atoms with E-state index in [4.69, 9.17) is 10.9 Å². The number of nitrogens with two attached hydrogens (primary N) is 1. The van der Waals surface area contributed by atoms with Crippen LogP contribution >= 0.6 is 0 Å². The van der Waals surface area contributed by atoms with Crippen molar-refractivity contribution in [3.8, 4) is 0 Å². The topological polar surface area (TPSA) is 84.9 Å². The van der Waals surface area contributed by atoms with Crippen LogP contribution in [0.4, 0.5) is 0 Å². The summed E-state index contributed by atoms with van der Waals surface area (Å²) >= 11 is 0. The Labute approximate surface area is 94.5 Å². The molecule has 0 amide bonds. The van der Waals surface area contributed by atoms with E-state index in [9.17, 15) is 4.79 Å². The van der Waals surface area contributed by atoms with Crippen molar-refractivity contribution < 1.29 is 14.7 Å². The predicted molar refractivity (Wildman–Crippen MR) is 62.0 cm³/mol. The molecule has 0 atom stereocenters. The summed E-state index contributed by atoms with van der Waals surface area (Å²) in [7, 11) is 3.25. The van der Waals surface area contributed by atoms with Gasteiger partial charge in [-0.1, -0.05) is 17.3 Å². The summed E-state index contributed by atoms with van der Waals surface area (Å²) in [4.78, 5) is 10.5. The van der Waals surface area contributed by atoms with Crippen LogP contribution in [0.3, 0.4) is 0 Å². The molecule has 0 aliphatic rings. The van der Waals surface area contributed by atoms with Crippen LogP contribution in [0, 0.1) is 6.92 Å². The van der Waals surface area contributed by atoms with Gasteiger partial charge in [0.05, 0.1) is 0 Å². The first kappa shape index (κ1) is 14.1. The number of methoxy groups -OCH3 is 1. The number of hydrogen-bond acceptors (Lipinski definition) is 4. The summed E-state index contributed by atoms with van der Waals surface area (Å²) < 4.78 is 4.25. The van der Waals surface area contributed by atoms with Gasteiger partial charge in [-0.2, -0.15) is 0 Å². The SMILES string of the molecule is COC.Cc1cc(/C(N)=N/O)ccc1C=O. The van der Waals surface area contributed by atoms with Gasteiger partial charge in [-0.3, -0.25) is 4.79 Å². The molecular formula is C11H16N2O3. The lowest BCUT2D eigenvalue weighted by atomic mass is 10.1. The molecule has 0 saturated carbocycles. The van der Waals surface area contributed by atoms with Crippen LogP contribution in [0.2, 0.25) is 0 Å². The van der Waals surface area contributed by atoms with Crippen molar-refractivity contribution in [1.82, 2.24) is 0 Å². The van der Waals surface area contributed by atoms with E-state index in [0.29, 0.717) is 11.1 Å². The van der Waals surface area contributed by atoms with Crippen molar-refractivity contribution in [2.45, 2.75) is 6.92 Å². The zero-order valence-electron chi connectivity index (χ0n) is 9.60. The Bertz CT molecular complexity index is 375. The molecule has 0 heterocycles. The van der Waals surface area contributed by atoms with Crippen LogP contribution in [0.15, 0.2) is 23.4 Å². The number of carbonyl (C=O) groups is 1. The number of oxime groups is 1. The first-order chi connectivity index (χ1) is 7.60. The zero-order chi connectivity index (χ0) is 12.6. The molecule has 0 bridgehead atoms. The van der Waals surface area contributed by atoms with Gasteiger partial charge < -0.3 is 15.7 Å². The largest absolute Gasteiger partial charge is 0.409 e. The average molecular weight is 224 g/mol. The molecule has 0 fully saturated rings. The van der Waals surface area contributed by atoms with E-state index >= 15 is 0 Å². The third kappa shape index (κ3) is 4.10. The highest BCUT2D eigenvalue weighted by atomic mass is 16.4. The lowest BCUT2D eigenvalue weighted by molar-refractivity contribution is 0.112. The van der Waals surface area contributed by atoms with Crippen LogP contribution in [0.1, 0.15) is 21.5 Å². The number of aryl methyl sites for hydroxylation is 1. The van der Waals surface area contributed by atoms with Crippen molar-refractivity contribution in [2.75, 3.05) is 14.2 Å². The van der Waals surface area contributed by atoms with Gasteiger partial charge in [0, 0.05) is 25.3 Å². The molecule has 0 saturated heterocycles. The fourth-order valence-electron chi connectivity index (χ4n) is 1.02. The van der Waals surface area contributed by atoms with Crippen molar-refractivity contribution in [3.63, 3.8) is 0 Å². The molecule has 0 aliphatic heterocycles. The fraction of sp³-hybridized carbons (Fsp3) is 0.273. The second-order valence-corrected chi connectivity index (χ2v) is 3.08. The van der Waals surface area contributed by atoms with Crippen molar-refractivity contribution >= 4 is 12.1 Å². The molecule has 3 N–H and O–H groups in total. The zero-order valence-corrected chi connectivity index (χ0v) is 9.60. The number of ether oxygens (including phenoxy) is 1. The van der Waals surface area contributed by atoms with E-state index in [2.05, 4.69) is 9.89 Å². The predicted octanol–water partition coefficient (Wildman–Crippen LogP) is 1.16. The van der Waals surface area contributed by atoms with Crippen LogP contribution in [0.5, 0.6) is 0 Å². The van der Waals surface area contributed by atoms with Gasteiger partial charge in [0.2, 0.25) is 0 Å². The molecular weight excluding hydrogens is 208 g/mol. The van der Waals surface area contributed by atoms with Crippen molar-refractivity contribution in [3.05, 3.63) is 34.9 Å². The summed E-state index contributed by atoms with van der Waals surface area (Å²) in [5.41, 5.74) is 7.38.